The number of benzene rings is 2. The number of hydrogen-bond acceptors (Lipinski definition) is 6. The third-order valence-corrected chi connectivity index (χ3v) is 5.83. The Balaban J connectivity index is 1.75. The first kappa shape index (κ1) is 21.6. The van der Waals surface area contributed by atoms with Crippen molar-refractivity contribution in [3.63, 3.8) is 0 Å². The lowest BCUT2D eigenvalue weighted by Crippen LogP contribution is -2.28. The number of nitrogens with zero attached hydrogens (tertiary/aromatic N) is 5. The fourth-order valence-electron chi connectivity index (χ4n) is 3.58. The Bertz CT molecular complexity index is 1580. The molecule has 1 atom stereocenters. The molecule has 2 aromatic carbocycles. The van der Waals surface area contributed by atoms with Crippen LogP contribution in [0.25, 0.3) is 27.8 Å². The van der Waals surface area contributed by atoms with Gasteiger partial charge in [-0.05, 0) is 37.3 Å². The van der Waals surface area contributed by atoms with E-state index < -0.39 is 17.4 Å². The third-order valence-electron chi connectivity index (χ3n) is 5.02. The average molecular weight is 505 g/mol. The first-order valence-corrected chi connectivity index (χ1v) is 10.7. The molecule has 0 saturated heterocycles. The van der Waals surface area contributed by atoms with Crippen LogP contribution in [0.1, 0.15) is 18.8 Å². The molecule has 5 aromatic rings. The summed E-state index contributed by atoms with van der Waals surface area (Å²) in [5, 5.41) is 3.49. The molecule has 3 heterocycles. The van der Waals surface area contributed by atoms with E-state index >= 15 is 0 Å². The molecular formula is C21H13Cl3FN7O. The molecule has 3 aromatic heterocycles. The molecule has 2 N–H and O–H groups in total. The fraction of sp³-hybridized carbons (Fsp3) is 0.0952. The van der Waals surface area contributed by atoms with Gasteiger partial charge in [0.2, 0.25) is 0 Å². The molecule has 0 bridgehead atoms. The molecule has 5 rings (SSSR count). The highest BCUT2D eigenvalue weighted by Gasteiger charge is 2.22. The molecule has 0 amide bonds. The van der Waals surface area contributed by atoms with Crippen molar-refractivity contribution in [3.8, 4) is 5.69 Å². The van der Waals surface area contributed by atoms with Crippen LogP contribution in [-0.2, 0) is 0 Å². The van der Waals surface area contributed by atoms with Crippen molar-refractivity contribution in [1.29, 1.82) is 0 Å². The van der Waals surface area contributed by atoms with Crippen molar-refractivity contribution in [3.05, 3.63) is 80.0 Å². The van der Waals surface area contributed by atoms with Crippen LogP contribution in [-0.4, -0.2) is 29.5 Å². The summed E-state index contributed by atoms with van der Waals surface area (Å²) < 4.78 is 15.5. The molecule has 8 nitrogen and oxygen atoms in total. The summed E-state index contributed by atoms with van der Waals surface area (Å²) in [6.07, 6.45) is 2.88. The lowest BCUT2D eigenvalue weighted by Gasteiger charge is -2.20. The first-order valence-electron chi connectivity index (χ1n) is 9.61. The number of rotatable bonds is 4. The average Bonchev–Trinajstić information content (AvgIpc) is 3.25. The topological polar surface area (TPSA) is 101 Å². The highest BCUT2D eigenvalue weighted by molar-refractivity contribution is 6.35. The van der Waals surface area contributed by atoms with Crippen LogP contribution in [0.4, 0.5) is 10.2 Å². The zero-order chi connectivity index (χ0) is 23.3. The molecule has 0 radical (unpaired) electrons. The molecule has 33 heavy (non-hydrogen) atoms. The maximum absolute atomic E-state index is 14.2. The number of aromatic nitrogens is 6. The molecule has 0 aliphatic heterocycles. The lowest BCUT2D eigenvalue weighted by molar-refractivity contribution is 0.629. The van der Waals surface area contributed by atoms with E-state index in [9.17, 15) is 9.18 Å². The quantitative estimate of drug-likeness (QED) is 0.343. The minimum atomic E-state index is -0.722. The molecule has 0 aliphatic rings. The monoisotopic (exact) mass is 503 g/mol. The van der Waals surface area contributed by atoms with E-state index in [2.05, 4.69) is 30.2 Å². The number of halogens is 4. The summed E-state index contributed by atoms with van der Waals surface area (Å²) in [4.78, 5) is 33.7. The zero-order valence-corrected chi connectivity index (χ0v) is 19.0. The van der Waals surface area contributed by atoms with Gasteiger partial charge in [0.1, 0.15) is 23.5 Å². The van der Waals surface area contributed by atoms with E-state index in [-0.39, 0.29) is 15.9 Å². The SMILES string of the molecule is C[C@@H](Nc1ncnc2nc[nH]c12)c1nc2ccc(F)c(Cl)c2c(=O)n1-c1cc(Cl)cc(Cl)c1. The van der Waals surface area contributed by atoms with Crippen molar-refractivity contribution < 1.29 is 4.39 Å². The number of imidazole rings is 1. The van der Waals surface area contributed by atoms with Crippen LogP contribution in [0.5, 0.6) is 0 Å². The van der Waals surface area contributed by atoms with Gasteiger partial charge in [0.25, 0.3) is 5.56 Å². The van der Waals surface area contributed by atoms with Gasteiger partial charge in [-0.1, -0.05) is 34.8 Å². The van der Waals surface area contributed by atoms with Gasteiger partial charge < -0.3 is 10.3 Å². The predicted molar refractivity (Wildman–Crippen MR) is 126 cm³/mol. The predicted octanol–water partition coefficient (Wildman–Crippen LogP) is 5.32. The van der Waals surface area contributed by atoms with Gasteiger partial charge in [-0.25, -0.2) is 24.3 Å². The van der Waals surface area contributed by atoms with E-state index in [1.807, 2.05) is 0 Å². The molecule has 166 valence electrons. The van der Waals surface area contributed by atoms with Crippen LogP contribution in [0.3, 0.4) is 0 Å². The van der Waals surface area contributed by atoms with Crippen molar-refractivity contribution in [1.82, 2.24) is 29.5 Å². The smallest absolute Gasteiger partial charge is 0.267 e. The molecule has 0 unspecified atom stereocenters. The van der Waals surface area contributed by atoms with Crippen LogP contribution in [0.2, 0.25) is 15.1 Å². The Hall–Kier alpha value is -3.27. The Labute approximate surface area is 200 Å². The zero-order valence-electron chi connectivity index (χ0n) is 16.8. The summed E-state index contributed by atoms with van der Waals surface area (Å²) >= 11 is 18.5. The molecule has 0 fully saturated rings. The van der Waals surface area contributed by atoms with Crippen LogP contribution in [0, 0.1) is 5.82 Å². The van der Waals surface area contributed by atoms with Gasteiger partial charge in [0.05, 0.1) is 34.0 Å². The van der Waals surface area contributed by atoms with E-state index in [1.165, 1.54) is 29.4 Å². The standard InChI is InChI=1S/C21H13Cl3FN7O/c1-9(30-19-17-18(27-7-26-17)28-8-29-19)20-31-14-3-2-13(25)16(24)15(14)21(33)32(20)12-5-10(22)4-11(23)6-12/h2-9H,1H3,(H2,26,27,28,29,30)/t9-/m1/s1. The molecule has 0 aliphatic carbocycles. The van der Waals surface area contributed by atoms with Crippen molar-refractivity contribution >= 4 is 62.7 Å². The first-order chi connectivity index (χ1) is 15.8. The largest absolute Gasteiger partial charge is 0.358 e. The summed E-state index contributed by atoms with van der Waals surface area (Å²) in [6, 6.07) is 6.67. The van der Waals surface area contributed by atoms with E-state index in [0.29, 0.717) is 38.5 Å². The van der Waals surface area contributed by atoms with Gasteiger partial charge in [-0.15, -0.1) is 0 Å². The minimum Gasteiger partial charge on any atom is -0.358 e. The Morgan fingerprint density at radius 1 is 1.09 bits per heavy atom. The van der Waals surface area contributed by atoms with E-state index in [1.54, 1.807) is 19.1 Å². The number of anilines is 1. The fourth-order valence-corrected chi connectivity index (χ4v) is 4.33. The van der Waals surface area contributed by atoms with Crippen molar-refractivity contribution in [2.24, 2.45) is 0 Å². The Kier molecular flexibility index (Phi) is 5.40. The number of H-pyrrole nitrogens is 1. The molecule has 0 saturated carbocycles. The maximum Gasteiger partial charge on any atom is 0.267 e. The van der Waals surface area contributed by atoms with Gasteiger partial charge in [-0.3, -0.25) is 9.36 Å². The normalized spacial score (nSPS) is 12.4. The van der Waals surface area contributed by atoms with Gasteiger partial charge >= 0.3 is 0 Å². The number of hydrogen-bond donors (Lipinski definition) is 2. The van der Waals surface area contributed by atoms with Gasteiger partial charge in [0, 0.05) is 10.0 Å². The number of aromatic amines is 1. The van der Waals surface area contributed by atoms with E-state index in [4.69, 9.17) is 34.8 Å². The van der Waals surface area contributed by atoms with Gasteiger partial charge in [-0.2, -0.15) is 0 Å². The summed E-state index contributed by atoms with van der Waals surface area (Å²) in [5.41, 5.74) is 1.10. The second kappa shape index (κ2) is 8.26. The Morgan fingerprint density at radius 2 is 1.85 bits per heavy atom. The highest BCUT2D eigenvalue weighted by atomic mass is 35.5. The summed E-state index contributed by atoms with van der Waals surface area (Å²) in [6.45, 7) is 1.80. The highest BCUT2D eigenvalue weighted by Crippen LogP contribution is 2.29. The summed E-state index contributed by atoms with van der Waals surface area (Å²) in [7, 11) is 0. The molecular weight excluding hydrogens is 492 g/mol. The molecule has 12 heteroatoms. The van der Waals surface area contributed by atoms with Crippen molar-refractivity contribution in [2.45, 2.75) is 13.0 Å². The summed E-state index contributed by atoms with van der Waals surface area (Å²) in [5.74, 6) is 0.0484. The van der Waals surface area contributed by atoms with Crippen LogP contribution in [0.15, 0.2) is 47.8 Å². The lowest BCUT2D eigenvalue weighted by atomic mass is 10.2. The third kappa shape index (κ3) is 3.78. The second-order valence-corrected chi connectivity index (χ2v) is 8.43. The van der Waals surface area contributed by atoms with Crippen LogP contribution >= 0.6 is 34.8 Å². The van der Waals surface area contributed by atoms with Crippen LogP contribution < -0.4 is 10.9 Å². The number of fused-ring (bicyclic) bond motifs is 2. The minimum absolute atomic E-state index is 0.0540. The Morgan fingerprint density at radius 3 is 2.61 bits per heavy atom. The van der Waals surface area contributed by atoms with E-state index in [0.717, 1.165) is 6.07 Å². The van der Waals surface area contributed by atoms with Gasteiger partial charge in [0.15, 0.2) is 11.5 Å². The second-order valence-electron chi connectivity index (χ2n) is 7.18. The molecule has 0 spiro atoms. The van der Waals surface area contributed by atoms with Crippen molar-refractivity contribution in [2.75, 3.05) is 5.32 Å². The maximum atomic E-state index is 14.2. The number of nitrogens with one attached hydrogen (secondary N) is 2.